The normalized spacial score (nSPS) is 10.9. The van der Waals surface area contributed by atoms with E-state index in [0.29, 0.717) is 5.89 Å². The Morgan fingerprint density at radius 1 is 1.20 bits per heavy atom. The van der Waals surface area contributed by atoms with Crippen molar-refractivity contribution in [3.63, 3.8) is 0 Å². The van der Waals surface area contributed by atoms with Gasteiger partial charge in [0.15, 0.2) is 11.5 Å². The van der Waals surface area contributed by atoms with Gasteiger partial charge in [-0.15, -0.1) is 0 Å². The van der Waals surface area contributed by atoms with Gasteiger partial charge in [-0.1, -0.05) is 12.1 Å². The highest BCUT2D eigenvalue weighted by molar-refractivity contribution is 5.73. The lowest BCUT2D eigenvalue weighted by Gasteiger charge is -2.19. The van der Waals surface area contributed by atoms with Gasteiger partial charge in [0.2, 0.25) is 0 Å². The van der Waals surface area contributed by atoms with E-state index in [1.165, 1.54) is 5.56 Å². The zero-order valence-corrected chi connectivity index (χ0v) is 11.6. The van der Waals surface area contributed by atoms with Crippen LogP contribution in [0.4, 0.5) is 11.4 Å². The van der Waals surface area contributed by atoms with Crippen LogP contribution < -0.4 is 10.6 Å². The number of benzene rings is 2. The van der Waals surface area contributed by atoms with Gasteiger partial charge < -0.3 is 15.1 Å². The molecule has 0 fully saturated rings. The number of rotatable bonds is 3. The third kappa shape index (κ3) is 2.45. The van der Waals surface area contributed by atoms with E-state index >= 15 is 0 Å². The van der Waals surface area contributed by atoms with Crippen molar-refractivity contribution in [2.24, 2.45) is 0 Å². The molecule has 0 saturated carbocycles. The third-order valence-corrected chi connectivity index (χ3v) is 3.29. The van der Waals surface area contributed by atoms with Crippen molar-refractivity contribution in [2.75, 3.05) is 17.7 Å². The van der Waals surface area contributed by atoms with Gasteiger partial charge >= 0.3 is 0 Å². The molecule has 0 aliphatic heterocycles. The van der Waals surface area contributed by atoms with Gasteiger partial charge in [-0.2, -0.15) is 0 Å². The fourth-order valence-electron chi connectivity index (χ4n) is 2.31. The molecule has 0 bridgehead atoms. The van der Waals surface area contributed by atoms with Crippen molar-refractivity contribution < 1.29 is 4.42 Å². The van der Waals surface area contributed by atoms with E-state index in [1.807, 2.05) is 38.2 Å². The van der Waals surface area contributed by atoms with Crippen LogP contribution in [0.1, 0.15) is 11.5 Å². The number of hydrogen-bond acceptors (Lipinski definition) is 4. The molecule has 0 amide bonds. The highest BCUT2D eigenvalue weighted by Crippen LogP contribution is 2.21. The Hall–Kier alpha value is -2.49. The lowest BCUT2D eigenvalue weighted by molar-refractivity contribution is 0.561. The Balaban J connectivity index is 1.85. The molecule has 4 heteroatoms. The second-order valence-electron chi connectivity index (χ2n) is 4.99. The van der Waals surface area contributed by atoms with Crippen molar-refractivity contribution in [1.29, 1.82) is 0 Å². The van der Waals surface area contributed by atoms with Crippen LogP contribution in [0, 0.1) is 6.92 Å². The van der Waals surface area contributed by atoms with Crippen LogP contribution in [0.2, 0.25) is 0 Å². The summed E-state index contributed by atoms with van der Waals surface area (Å²) >= 11 is 0. The first kappa shape index (κ1) is 12.5. The number of nitrogen functional groups attached to an aromatic ring is 1. The summed E-state index contributed by atoms with van der Waals surface area (Å²) in [6.45, 7) is 2.66. The number of aromatic nitrogens is 1. The molecule has 2 N–H and O–H groups in total. The molecular weight excluding hydrogens is 250 g/mol. The van der Waals surface area contributed by atoms with Crippen molar-refractivity contribution in [1.82, 2.24) is 4.98 Å². The molecule has 0 saturated heterocycles. The van der Waals surface area contributed by atoms with E-state index in [9.17, 15) is 0 Å². The molecule has 2 aromatic carbocycles. The van der Waals surface area contributed by atoms with Gasteiger partial charge in [0, 0.05) is 31.9 Å². The number of hydrogen-bond donors (Lipinski definition) is 1. The molecule has 4 nitrogen and oxygen atoms in total. The fourth-order valence-corrected chi connectivity index (χ4v) is 2.31. The number of nitrogens with two attached hydrogens (primary N) is 1. The van der Waals surface area contributed by atoms with Gasteiger partial charge in [0.05, 0.1) is 0 Å². The molecular formula is C16H17N3O. The zero-order chi connectivity index (χ0) is 14.1. The van der Waals surface area contributed by atoms with Gasteiger partial charge in [0.1, 0.15) is 5.52 Å². The topological polar surface area (TPSA) is 55.3 Å². The minimum absolute atomic E-state index is 0.696. The first-order valence-corrected chi connectivity index (χ1v) is 6.54. The number of nitrogens with zero attached hydrogens (tertiary/aromatic N) is 2. The van der Waals surface area contributed by atoms with Gasteiger partial charge in [-0.05, 0) is 35.9 Å². The minimum Gasteiger partial charge on any atom is -0.441 e. The summed E-state index contributed by atoms with van der Waals surface area (Å²) in [5, 5.41) is 0. The molecule has 1 aromatic heterocycles. The molecule has 20 heavy (non-hydrogen) atoms. The molecule has 3 rings (SSSR count). The Labute approximate surface area is 117 Å². The monoisotopic (exact) mass is 267 g/mol. The average Bonchev–Trinajstić information content (AvgIpc) is 2.78. The summed E-state index contributed by atoms with van der Waals surface area (Å²) in [4.78, 5) is 6.52. The molecule has 0 spiro atoms. The average molecular weight is 267 g/mol. The van der Waals surface area contributed by atoms with Gasteiger partial charge in [0.25, 0.3) is 0 Å². The number of fused-ring (bicyclic) bond motifs is 1. The summed E-state index contributed by atoms with van der Waals surface area (Å²) in [5.41, 5.74) is 10.6. The maximum absolute atomic E-state index is 5.82. The zero-order valence-electron chi connectivity index (χ0n) is 11.6. The van der Waals surface area contributed by atoms with Crippen LogP contribution in [0.15, 0.2) is 46.9 Å². The first-order valence-electron chi connectivity index (χ1n) is 6.54. The fraction of sp³-hybridized carbons (Fsp3) is 0.188. The Bertz CT molecular complexity index is 748. The third-order valence-electron chi connectivity index (χ3n) is 3.29. The largest absolute Gasteiger partial charge is 0.441 e. The lowest BCUT2D eigenvalue weighted by Crippen LogP contribution is -2.16. The van der Waals surface area contributed by atoms with Crippen molar-refractivity contribution in [2.45, 2.75) is 13.5 Å². The van der Waals surface area contributed by atoms with E-state index in [-0.39, 0.29) is 0 Å². The Kier molecular flexibility index (Phi) is 3.06. The van der Waals surface area contributed by atoms with Crippen LogP contribution in [-0.4, -0.2) is 12.0 Å². The van der Waals surface area contributed by atoms with Crippen LogP contribution in [0.3, 0.4) is 0 Å². The van der Waals surface area contributed by atoms with Crippen LogP contribution in [-0.2, 0) is 6.54 Å². The van der Waals surface area contributed by atoms with Crippen molar-refractivity contribution >= 4 is 22.5 Å². The van der Waals surface area contributed by atoms with E-state index in [1.54, 1.807) is 0 Å². The predicted molar refractivity (Wildman–Crippen MR) is 81.7 cm³/mol. The summed E-state index contributed by atoms with van der Waals surface area (Å²) in [6, 6.07) is 14.0. The van der Waals surface area contributed by atoms with Crippen molar-refractivity contribution in [3.8, 4) is 0 Å². The molecule has 0 aliphatic carbocycles. The van der Waals surface area contributed by atoms with E-state index in [2.05, 4.69) is 28.1 Å². The minimum atomic E-state index is 0.696. The molecule has 102 valence electrons. The van der Waals surface area contributed by atoms with Crippen LogP contribution in [0.5, 0.6) is 0 Å². The quantitative estimate of drug-likeness (QED) is 0.739. The SMILES string of the molecule is Cc1nc2cc(CN(C)c3cccc(N)c3)ccc2o1. The molecule has 3 aromatic rings. The molecule has 0 radical (unpaired) electrons. The maximum Gasteiger partial charge on any atom is 0.192 e. The Morgan fingerprint density at radius 3 is 2.85 bits per heavy atom. The molecule has 0 atom stereocenters. The van der Waals surface area contributed by atoms with Crippen molar-refractivity contribution in [3.05, 3.63) is 53.9 Å². The lowest BCUT2D eigenvalue weighted by atomic mass is 10.2. The Morgan fingerprint density at radius 2 is 2.05 bits per heavy atom. The number of anilines is 2. The summed E-state index contributed by atoms with van der Waals surface area (Å²) in [5.74, 6) is 0.696. The highest BCUT2D eigenvalue weighted by atomic mass is 16.3. The summed E-state index contributed by atoms with van der Waals surface area (Å²) in [7, 11) is 2.05. The van der Waals surface area contributed by atoms with E-state index in [0.717, 1.165) is 29.0 Å². The first-order chi connectivity index (χ1) is 9.61. The predicted octanol–water partition coefficient (Wildman–Crippen LogP) is 3.35. The number of aryl methyl sites for hydroxylation is 1. The second kappa shape index (κ2) is 4.89. The molecule has 1 heterocycles. The summed E-state index contributed by atoms with van der Waals surface area (Å²) in [6.07, 6.45) is 0. The van der Waals surface area contributed by atoms with E-state index in [4.69, 9.17) is 10.2 Å². The van der Waals surface area contributed by atoms with Crippen LogP contribution in [0.25, 0.3) is 11.1 Å². The number of oxazole rings is 1. The smallest absolute Gasteiger partial charge is 0.192 e. The van der Waals surface area contributed by atoms with Gasteiger partial charge in [-0.25, -0.2) is 4.98 Å². The second-order valence-corrected chi connectivity index (χ2v) is 4.99. The molecule has 0 unspecified atom stereocenters. The van der Waals surface area contributed by atoms with Gasteiger partial charge in [-0.3, -0.25) is 0 Å². The standard InChI is InChI=1S/C16H17N3O/c1-11-18-15-8-12(6-7-16(15)20-11)10-19(2)14-5-3-4-13(17)9-14/h3-9H,10,17H2,1-2H3. The maximum atomic E-state index is 5.82. The summed E-state index contributed by atoms with van der Waals surface area (Å²) < 4.78 is 5.49. The van der Waals surface area contributed by atoms with Crippen LogP contribution >= 0.6 is 0 Å². The van der Waals surface area contributed by atoms with E-state index < -0.39 is 0 Å². The molecule has 0 aliphatic rings. The highest BCUT2D eigenvalue weighted by Gasteiger charge is 2.06.